The van der Waals surface area contributed by atoms with Crippen LogP contribution < -0.4 is 10.6 Å². The zero-order valence-corrected chi connectivity index (χ0v) is 27.1. The number of carbonyl (C=O) groups excluding carboxylic acids is 4. The van der Waals surface area contributed by atoms with Crippen LogP contribution >= 0.6 is 0 Å². The van der Waals surface area contributed by atoms with Crippen molar-refractivity contribution in [3.05, 3.63) is 70.8 Å². The second kappa shape index (κ2) is 14.2. The van der Waals surface area contributed by atoms with Gasteiger partial charge < -0.3 is 30.1 Å². The highest BCUT2D eigenvalue weighted by atomic mass is 16.6. The zero-order chi connectivity index (χ0) is 32.8. The van der Waals surface area contributed by atoms with E-state index in [0.29, 0.717) is 18.4 Å². The van der Waals surface area contributed by atoms with Gasteiger partial charge in [-0.1, -0.05) is 48.5 Å². The van der Waals surface area contributed by atoms with E-state index in [9.17, 15) is 24.3 Å². The Bertz CT molecular complexity index is 1330. The molecule has 3 unspecified atom stereocenters. The molecule has 2 aromatic rings. The van der Waals surface area contributed by atoms with Crippen LogP contribution in [0.1, 0.15) is 82.7 Å². The lowest BCUT2D eigenvalue weighted by Gasteiger charge is -2.36. The minimum absolute atomic E-state index is 0.178. The summed E-state index contributed by atoms with van der Waals surface area (Å²) in [4.78, 5) is 55.9. The number of amides is 3. The van der Waals surface area contributed by atoms with Crippen molar-refractivity contribution in [1.82, 2.24) is 15.5 Å². The largest absolute Gasteiger partial charge is 0.458 e. The van der Waals surface area contributed by atoms with E-state index in [2.05, 4.69) is 10.6 Å². The first-order valence-electron chi connectivity index (χ1n) is 15.1. The molecule has 0 saturated heterocycles. The Morgan fingerprint density at radius 3 is 2.02 bits per heavy atom. The summed E-state index contributed by atoms with van der Waals surface area (Å²) in [6.07, 6.45) is 0.605. The highest BCUT2D eigenvalue weighted by Gasteiger charge is 2.45. The van der Waals surface area contributed by atoms with Gasteiger partial charge >= 0.3 is 12.1 Å². The van der Waals surface area contributed by atoms with Gasteiger partial charge in [-0.15, -0.1) is 0 Å². The summed E-state index contributed by atoms with van der Waals surface area (Å²) >= 11 is 0. The zero-order valence-electron chi connectivity index (χ0n) is 27.1. The molecule has 10 heteroatoms. The van der Waals surface area contributed by atoms with E-state index in [0.717, 1.165) is 16.7 Å². The first kappa shape index (κ1) is 34.6. The summed E-state index contributed by atoms with van der Waals surface area (Å²) in [6.45, 7) is 13.4. The van der Waals surface area contributed by atoms with Crippen LogP contribution in [0.2, 0.25) is 0 Å². The van der Waals surface area contributed by atoms with E-state index in [1.165, 1.54) is 4.90 Å². The van der Waals surface area contributed by atoms with Crippen molar-refractivity contribution in [3.8, 4) is 0 Å². The van der Waals surface area contributed by atoms with Crippen molar-refractivity contribution >= 4 is 23.9 Å². The van der Waals surface area contributed by atoms with Gasteiger partial charge in [0.25, 0.3) is 0 Å². The Morgan fingerprint density at radius 1 is 0.864 bits per heavy atom. The molecule has 3 N–H and O–H groups in total. The molecule has 1 saturated carbocycles. The van der Waals surface area contributed by atoms with E-state index in [4.69, 9.17) is 9.47 Å². The molecule has 10 nitrogen and oxygen atoms in total. The van der Waals surface area contributed by atoms with Gasteiger partial charge in [0.15, 0.2) is 0 Å². The Labute approximate surface area is 260 Å². The molecule has 240 valence electrons. The number of hydrogen-bond acceptors (Lipinski definition) is 7. The van der Waals surface area contributed by atoms with Crippen LogP contribution in [0.15, 0.2) is 48.5 Å². The van der Waals surface area contributed by atoms with E-state index >= 15 is 0 Å². The van der Waals surface area contributed by atoms with Crippen LogP contribution in [0.5, 0.6) is 0 Å². The number of rotatable bonds is 11. The summed E-state index contributed by atoms with van der Waals surface area (Å²) in [7, 11) is 0. The van der Waals surface area contributed by atoms with Gasteiger partial charge in [-0.3, -0.25) is 9.59 Å². The van der Waals surface area contributed by atoms with Gasteiger partial charge in [-0.2, -0.15) is 0 Å². The molecule has 0 heterocycles. The van der Waals surface area contributed by atoms with Crippen LogP contribution in [0.4, 0.5) is 4.79 Å². The number of aryl methyl sites for hydroxylation is 1. The van der Waals surface area contributed by atoms with Crippen LogP contribution in [0, 0.1) is 13.8 Å². The molecule has 0 spiro atoms. The molecule has 1 fully saturated rings. The van der Waals surface area contributed by atoms with Crippen molar-refractivity contribution < 1.29 is 33.8 Å². The Kier molecular flexibility index (Phi) is 11.2. The summed E-state index contributed by atoms with van der Waals surface area (Å²) < 4.78 is 11.0. The lowest BCUT2D eigenvalue weighted by atomic mass is 9.94. The molecule has 44 heavy (non-hydrogen) atoms. The van der Waals surface area contributed by atoms with Gasteiger partial charge in [0.2, 0.25) is 11.8 Å². The lowest BCUT2D eigenvalue weighted by Crippen LogP contribution is -2.56. The van der Waals surface area contributed by atoms with Crippen LogP contribution in [-0.2, 0) is 30.3 Å². The van der Waals surface area contributed by atoms with Crippen LogP contribution in [-0.4, -0.2) is 69.8 Å². The SMILES string of the molecule is Cc1cccc(C(C(=O)NC(Cc2ccccc2)C(=O)OC(C)(C)C)N(C(=O)C(CO)NC(=O)OC(C)(C)C)C2CC2)c1C. The molecule has 3 rings (SSSR count). The lowest BCUT2D eigenvalue weighted by molar-refractivity contribution is -0.159. The number of hydrogen-bond donors (Lipinski definition) is 3. The molecule has 2 aromatic carbocycles. The Hall–Kier alpha value is -3.92. The van der Waals surface area contributed by atoms with E-state index in [-0.39, 0.29) is 12.5 Å². The van der Waals surface area contributed by atoms with Gasteiger partial charge in [0.1, 0.15) is 29.3 Å². The highest BCUT2D eigenvalue weighted by molar-refractivity contribution is 5.94. The second-order valence-electron chi connectivity index (χ2n) is 13.3. The maximum absolute atomic E-state index is 14.4. The second-order valence-corrected chi connectivity index (χ2v) is 13.3. The van der Waals surface area contributed by atoms with Crippen LogP contribution in [0.25, 0.3) is 0 Å². The third kappa shape index (κ3) is 9.80. The van der Waals surface area contributed by atoms with Crippen molar-refractivity contribution in [2.75, 3.05) is 6.61 Å². The fraction of sp³-hybridized carbons (Fsp3) is 0.529. The number of carbonyl (C=O) groups is 4. The maximum atomic E-state index is 14.4. The minimum atomic E-state index is -1.35. The van der Waals surface area contributed by atoms with Crippen molar-refractivity contribution in [1.29, 1.82) is 0 Å². The molecule has 1 aliphatic carbocycles. The number of nitrogens with zero attached hydrogens (tertiary/aromatic N) is 1. The molecular formula is C34H47N3O7. The topological polar surface area (TPSA) is 134 Å². The normalized spacial score (nSPS) is 15.4. The molecule has 0 bridgehead atoms. The van der Waals surface area contributed by atoms with Gasteiger partial charge in [-0.05, 0) is 90.5 Å². The number of benzene rings is 2. The highest BCUT2D eigenvalue weighted by Crippen LogP contribution is 2.37. The summed E-state index contributed by atoms with van der Waals surface area (Å²) in [5, 5.41) is 15.6. The number of aliphatic hydroxyl groups is 1. The summed E-state index contributed by atoms with van der Waals surface area (Å²) in [5.74, 6) is -1.79. The van der Waals surface area contributed by atoms with Crippen molar-refractivity contribution in [2.24, 2.45) is 0 Å². The third-order valence-corrected chi connectivity index (χ3v) is 7.12. The molecule has 0 aromatic heterocycles. The molecule has 3 amide bonds. The molecule has 0 aliphatic heterocycles. The fourth-order valence-electron chi connectivity index (χ4n) is 4.84. The van der Waals surface area contributed by atoms with Gasteiger partial charge in [0, 0.05) is 12.5 Å². The molecule has 1 aliphatic rings. The minimum Gasteiger partial charge on any atom is -0.458 e. The first-order valence-corrected chi connectivity index (χ1v) is 15.1. The number of alkyl carbamates (subject to hydrolysis) is 1. The van der Waals surface area contributed by atoms with E-state index in [1.54, 1.807) is 47.6 Å². The van der Waals surface area contributed by atoms with Crippen molar-refractivity contribution in [3.63, 3.8) is 0 Å². The number of nitrogens with one attached hydrogen (secondary N) is 2. The Balaban J connectivity index is 2.03. The summed E-state index contributed by atoms with van der Waals surface area (Å²) in [6, 6.07) is 10.9. The first-order chi connectivity index (χ1) is 20.5. The van der Waals surface area contributed by atoms with Crippen LogP contribution in [0.3, 0.4) is 0 Å². The maximum Gasteiger partial charge on any atom is 0.408 e. The third-order valence-electron chi connectivity index (χ3n) is 7.12. The number of ether oxygens (including phenoxy) is 2. The quantitative estimate of drug-likeness (QED) is 0.324. The van der Waals surface area contributed by atoms with Gasteiger partial charge in [-0.25, -0.2) is 9.59 Å². The number of esters is 1. The summed E-state index contributed by atoms with van der Waals surface area (Å²) in [5.41, 5.74) is 1.52. The molecular weight excluding hydrogens is 562 g/mol. The predicted octanol–water partition coefficient (Wildman–Crippen LogP) is 4.29. The molecule has 0 radical (unpaired) electrons. The monoisotopic (exact) mass is 609 g/mol. The predicted molar refractivity (Wildman–Crippen MR) is 167 cm³/mol. The molecule has 3 atom stereocenters. The standard InChI is InChI=1S/C34H47N3O7/c1-21-13-12-16-25(22(21)2)28(37(24-17-18-24)30(40)27(20-38)36-32(42)44-34(6,7)8)29(39)35-26(31(41)43-33(3,4)5)19-23-14-10-9-11-15-23/h9-16,24,26-28,38H,17-20H2,1-8H3,(H,35,39)(H,36,42). The fourth-order valence-corrected chi connectivity index (χ4v) is 4.84. The van der Waals surface area contributed by atoms with E-state index < -0.39 is 59.8 Å². The number of aliphatic hydroxyl groups excluding tert-OH is 1. The van der Waals surface area contributed by atoms with Gasteiger partial charge in [0.05, 0.1) is 6.61 Å². The Morgan fingerprint density at radius 2 is 1.48 bits per heavy atom. The smallest absolute Gasteiger partial charge is 0.408 e. The average molecular weight is 610 g/mol. The van der Waals surface area contributed by atoms with E-state index in [1.807, 2.05) is 56.3 Å². The van der Waals surface area contributed by atoms with Crippen molar-refractivity contribution in [2.45, 2.75) is 110 Å². The average Bonchev–Trinajstić information content (AvgIpc) is 3.75.